The third-order valence-corrected chi connectivity index (χ3v) is 6.72. The first-order chi connectivity index (χ1) is 20.9. The van der Waals surface area contributed by atoms with Crippen molar-refractivity contribution in [1.29, 1.82) is 0 Å². The highest BCUT2D eigenvalue weighted by Crippen LogP contribution is 2.41. The van der Waals surface area contributed by atoms with Gasteiger partial charge in [-0.1, -0.05) is 23.7 Å². The zero-order valence-corrected chi connectivity index (χ0v) is 24.4. The predicted octanol–water partition coefficient (Wildman–Crippen LogP) is 5.85. The van der Waals surface area contributed by atoms with Gasteiger partial charge in [0.2, 0.25) is 5.75 Å². The lowest BCUT2D eigenvalue weighted by molar-refractivity contribution is 0.0729. The number of para-hydroxylation sites is 1. The fraction of sp³-hybridized carbons (Fsp3) is 0.125. The van der Waals surface area contributed by atoms with Crippen molar-refractivity contribution in [3.05, 3.63) is 105 Å². The van der Waals surface area contributed by atoms with Gasteiger partial charge in [0.05, 0.1) is 51.1 Å². The van der Waals surface area contributed by atoms with Crippen LogP contribution >= 0.6 is 11.6 Å². The summed E-state index contributed by atoms with van der Waals surface area (Å²) in [5.41, 5.74) is 1.53. The minimum atomic E-state index is -0.569. The van der Waals surface area contributed by atoms with Crippen molar-refractivity contribution in [3.63, 3.8) is 0 Å². The Morgan fingerprint density at radius 3 is 2.14 bits per heavy atom. The normalized spacial score (nSPS) is 11.0. The maximum absolute atomic E-state index is 13.7. The van der Waals surface area contributed by atoms with Gasteiger partial charge in [0, 0.05) is 10.6 Å². The minimum Gasteiger partial charge on any atom is -0.493 e. The van der Waals surface area contributed by atoms with Crippen molar-refractivity contribution in [2.24, 2.45) is 5.10 Å². The van der Waals surface area contributed by atoms with Gasteiger partial charge in [-0.15, -0.1) is 0 Å². The van der Waals surface area contributed by atoms with Crippen LogP contribution in [-0.2, 0) is 0 Å². The molecule has 0 aliphatic carbocycles. The van der Waals surface area contributed by atoms with Crippen LogP contribution in [0.2, 0.25) is 5.02 Å². The van der Waals surface area contributed by atoms with Crippen LogP contribution in [0.4, 0.5) is 0 Å². The molecule has 10 nitrogen and oxygen atoms in total. The Kier molecular flexibility index (Phi) is 8.59. The molecule has 0 N–H and O–H groups in total. The van der Waals surface area contributed by atoms with Crippen LogP contribution in [0.5, 0.6) is 28.7 Å². The third-order valence-electron chi connectivity index (χ3n) is 6.47. The highest BCUT2D eigenvalue weighted by Gasteiger charge is 2.19. The highest BCUT2D eigenvalue weighted by atomic mass is 35.5. The summed E-state index contributed by atoms with van der Waals surface area (Å²) in [6.45, 7) is 0. The number of hydrogen-bond acceptors (Lipinski definition) is 9. The molecule has 0 aliphatic heterocycles. The van der Waals surface area contributed by atoms with E-state index in [0.717, 1.165) is 0 Å². The van der Waals surface area contributed by atoms with E-state index in [4.69, 9.17) is 40.3 Å². The number of ether oxygens (including phenoxy) is 5. The molecule has 0 saturated heterocycles. The van der Waals surface area contributed by atoms with Crippen LogP contribution in [0.15, 0.2) is 88.8 Å². The number of esters is 1. The summed E-state index contributed by atoms with van der Waals surface area (Å²) < 4.78 is 28.7. The Morgan fingerprint density at radius 1 is 0.814 bits per heavy atom. The maximum atomic E-state index is 13.7. The number of hydrogen-bond donors (Lipinski definition) is 0. The molecule has 0 fully saturated rings. The molecule has 5 aromatic rings. The van der Waals surface area contributed by atoms with Gasteiger partial charge in [0.1, 0.15) is 0 Å². The van der Waals surface area contributed by atoms with E-state index in [2.05, 4.69) is 5.10 Å². The van der Waals surface area contributed by atoms with Gasteiger partial charge in [0.15, 0.2) is 28.8 Å². The lowest BCUT2D eigenvalue weighted by Gasteiger charge is -2.15. The first-order valence-electron chi connectivity index (χ1n) is 12.9. The zero-order valence-electron chi connectivity index (χ0n) is 23.7. The summed E-state index contributed by atoms with van der Waals surface area (Å²) in [5.74, 6) is 1.37. The van der Waals surface area contributed by atoms with E-state index in [1.54, 1.807) is 78.9 Å². The second-order valence-corrected chi connectivity index (χ2v) is 9.47. The average Bonchev–Trinajstić information content (AvgIpc) is 3.04. The van der Waals surface area contributed by atoms with E-state index < -0.39 is 5.97 Å². The molecule has 0 aliphatic rings. The van der Waals surface area contributed by atoms with Crippen molar-refractivity contribution in [2.75, 3.05) is 28.4 Å². The molecule has 11 heteroatoms. The van der Waals surface area contributed by atoms with E-state index in [1.807, 2.05) is 0 Å². The Labute approximate surface area is 251 Å². The molecule has 0 radical (unpaired) electrons. The van der Waals surface area contributed by atoms with Crippen molar-refractivity contribution >= 4 is 34.7 Å². The molecule has 0 amide bonds. The molecule has 5 rings (SSSR count). The summed E-state index contributed by atoms with van der Waals surface area (Å²) in [6, 6.07) is 21.6. The molecule has 1 aromatic heterocycles. The molecule has 1 heterocycles. The topological polar surface area (TPSA) is 110 Å². The van der Waals surface area contributed by atoms with E-state index in [9.17, 15) is 9.59 Å². The van der Waals surface area contributed by atoms with E-state index >= 15 is 0 Å². The summed E-state index contributed by atoms with van der Waals surface area (Å²) >= 11 is 5.91. The fourth-order valence-electron chi connectivity index (χ4n) is 4.35. The molecule has 43 heavy (non-hydrogen) atoms. The number of carbonyl (C=O) groups is 1. The third kappa shape index (κ3) is 6.00. The summed E-state index contributed by atoms with van der Waals surface area (Å²) in [5, 5.41) is 5.40. The number of carbonyl (C=O) groups excluding carboxylic acids is 1. The van der Waals surface area contributed by atoms with Crippen molar-refractivity contribution < 1.29 is 28.5 Å². The van der Waals surface area contributed by atoms with Crippen molar-refractivity contribution in [3.8, 4) is 40.1 Å². The molecule has 4 aromatic carbocycles. The number of methoxy groups -OCH3 is 4. The Balaban J connectivity index is 1.56. The van der Waals surface area contributed by atoms with Crippen LogP contribution in [0.3, 0.4) is 0 Å². The molecular weight excluding hydrogens is 574 g/mol. The first kappa shape index (κ1) is 29.2. The Morgan fingerprint density at radius 2 is 1.49 bits per heavy atom. The Bertz CT molecular complexity index is 1880. The lowest BCUT2D eigenvalue weighted by Crippen LogP contribution is -2.20. The summed E-state index contributed by atoms with van der Waals surface area (Å²) in [6.07, 6.45) is 1.48. The minimum absolute atomic E-state index is 0.210. The van der Waals surface area contributed by atoms with Gasteiger partial charge in [-0.3, -0.25) is 4.79 Å². The number of halogens is 1. The molecule has 218 valence electrons. The number of fused-ring (bicyclic) bond motifs is 1. The standard InChI is InChI=1S/C32H26ClN3O7/c1-39-26-15-19(9-14-25(26)43-32(38)20-10-12-22(33)13-11-20)18-34-36-30(35-24-8-6-5-7-23(24)31(36)37)21-16-27(40-2)29(42-4)28(17-21)41-3/h5-18H,1-4H3. The van der Waals surface area contributed by atoms with Crippen LogP contribution in [0.1, 0.15) is 15.9 Å². The second-order valence-electron chi connectivity index (χ2n) is 9.03. The zero-order chi connectivity index (χ0) is 30.5. The predicted molar refractivity (Wildman–Crippen MR) is 163 cm³/mol. The maximum Gasteiger partial charge on any atom is 0.343 e. The summed E-state index contributed by atoms with van der Waals surface area (Å²) in [4.78, 5) is 31.0. The quantitative estimate of drug-likeness (QED) is 0.118. The average molecular weight is 600 g/mol. The van der Waals surface area contributed by atoms with Crippen LogP contribution in [0.25, 0.3) is 22.3 Å². The Hall–Kier alpha value is -5.35. The highest BCUT2D eigenvalue weighted by molar-refractivity contribution is 6.30. The lowest BCUT2D eigenvalue weighted by atomic mass is 10.1. The fourth-order valence-corrected chi connectivity index (χ4v) is 4.47. The molecular formula is C32H26ClN3O7. The van der Waals surface area contributed by atoms with E-state index in [0.29, 0.717) is 55.6 Å². The molecule has 0 atom stereocenters. The first-order valence-corrected chi connectivity index (χ1v) is 13.3. The van der Waals surface area contributed by atoms with E-state index in [-0.39, 0.29) is 17.1 Å². The van der Waals surface area contributed by atoms with Crippen molar-refractivity contribution in [1.82, 2.24) is 9.66 Å². The van der Waals surface area contributed by atoms with Crippen molar-refractivity contribution in [2.45, 2.75) is 0 Å². The van der Waals surface area contributed by atoms with Gasteiger partial charge in [-0.25, -0.2) is 9.78 Å². The smallest absolute Gasteiger partial charge is 0.343 e. The van der Waals surface area contributed by atoms with E-state index in [1.165, 1.54) is 39.3 Å². The van der Waals surface area contributed by atoms with Gasteiger partial charge in [-0.05, 0) is 72.3 Å². The monoisotopic (exact) mass is 599 g/mol. The molecule has 0 saturated carbocycles. The number of benzene rings is 4. The summed E-state index contributed by atoms with van der Waals surface area (Å²) in [7, 11) is 5.97. The number of aromatic nitrogens is 2. The second kappa shape index (κ2) is 12.7. The molecule has 0 bridgehead atoms. The van der Waals surface area contributed by atoms with Crippen LogP contribution in [0, 0.1) is 0 Å². The van der Waals surface area contributed by atoms with Gasteiger partial charge < -0.3 is 23.7 Å². The number of nitrogens with zero attached hydrogens (tertiary/aromatic N) is 3. The SMILES string of the molecule is COc1cc(C=Nn2c(-c3cc(OC)c(OC)c(OC)c3)nc3ccccc3c2=O)ccc1OC(=O)c1ccc(Cl)cc1. The van der Waals surface area contributed by atoms with Crippen LogP contribution < -0.4 is 29.2 Å². The molecule has 0 spiro atoms. The largest absolute Gasteiger partial charge is 0.493 e. The van der Waals surface area contributed by atoms with Gasteiger partial charge in [0.25, 0.3) is 5.56 Å². The number of rotatable bonds is 9. The van der Waals surface area contributed by atoms with Gasteiger partial charge in [-0.2, -0.15) is 9.78 Å². The van der Waals surface area contributed by atoms with Crippen LogP contribution in [-0.4, -0.2) is 50.3 Å². The van der Waals surface area contributed by atoms with Gasteiger partial charge >= 0.3 is 5.97 Å². The molecule has 0 unspecified atom stereocenters.